The molecule has 0 aromatic carbocycles. The summed E-state index contributed by atoms with van der Waals surface area (Å²) >= 11 is 0. The molecule has 0 saturated carbocycles. The van der Waals surface area contributed by atoms with Gasteiger partial charge in [0.2, 0.25) is 0 Å². The van der Waals surface area contributed by atoms with Crippen molar-refractivity contribution in [1.82, 2.24) is 0 Å². The third kappa shape index (κ3) is 17.5. The molecule has 0 saturated heterocycles. The van der Waals surface area contributed by atoms with Crippen molar-refractivity contribution in [2.24, 2.45) is 5.73 Å². The number of unbranched alkanes of at least 4 members (excludes halogenated alkanes) is 15. The Kier molecular flexibility index (Phi) is 18.1. The largest absolute Gasteiger partial charge is 0.405 e. The molecule has 0 heterocycles. The van der Waals surface area contributed by atoms with Crippen molar-refractivity contribution in [3.8, 4) is 0 Å². The quantitative estimate of drug-likeness (QED) is 0.312. The van der Waals surface area contributed by atoms with Crippen LogP contribution in [0.3, 0.4) is 0 Å². The molecule has 0 bridgehead atoms. The van der Waals surface area contributed by atoms with E-state index in [1.54, 1.807) is 6.20 Å². The highest BCUT2D eigenvalue weighted by Crippen LogP contribution is 2.13. The predicted octanol–water partition coefficient (Wildman–Crippen LogP) is 6.72. The first-order valence-corrected chi connectivity index (χ1v) is 9.28. The van der Waals surface area contributed by atoms with Crippen molar-refractivity contribution in [3.63, 3.8) is 0 Å². The maximum absolute atomic E-state index is 5.31. The van der Waals surface area contributed by atoms with E-state index in [9.17, 15) is 0 Å². The van der Waals surface area contributed by atoms with Crippen LogP contribution in [-0.4, -0.2) is 0 Å². The molecule has 1 nitrogen and oxygen atoms in total. The number of allylic oxidation sites excluding steroid dienone is 1. The Morgan fingerprint density at radius 3 is 1.25 bits per heavy atom. The highest BCUT2D eigenvalue weighted by molar-refractivity contribution is 4.74. The zero-order valence-electron chi connectivity index (χ0n) is 14.0. The maximum atomic E-state index is 5.31. The van der Waals surface area contributed by atoms with Crippen LogP contribution in [0.25, 0.3) is 0 Å². The third-order valence-electron chi connectivity index (χ3n) is 4.11. The molecule has 0 aromatic heterocycles. The Labute approximate surface area is 128 Å². The smallest absolute Gasteiger partial charge is 0.0103 e. The van der Waals surface area contributed by atoms with E-state index in [0.717, 1.165) is 6.42 Å². The molecule has 0 rings (SSSR count). The topological polar surface area (TPSA) is 26.0 Å². The standard InChI is InChI=1S/C19H39N/c1-2-3-4-5-6-7-8-9-10-11-12-13-14-15-16-17-18-19-20/h18-19H,2-17,20H2,1H3/b19-18+. The lowest BCUT2D eigenvalue weighted by Crippen LogP contribution is -1.83. The molecule has 0 amide bonds. The van der Waals surface area contributed by atoms with Crippen LogP contribution in [0.15, 0.2) is 12.3 Å². The Bertz CT molecular complexity index is 186. The Hall–Kier alpha value is -0.460. The van der Waals surface area contributed by atoms with E-state index in [1.807, 2.05) is 0 Å². The Morgan fingerprint density at radius 2 is 0.900 bits per heavy atom. The van der Waals surface area contributed by atoms with Gasteiger partial charge >= 0.3 is 0 Å². The zero-order valence-corrected chi connectivity index (χ0v) is 14.0. The van der Waals surface area contributed by atoms with E-state index in [0.29, 0.717) is 0 Å². The molecular weight excluding hydrogens is 242 g/mol. The van der Waals surface area contributed by atoms with Crippen LogP contribution in [0.2, 0.25) is 0 Å². The van der Waals surface area contributed by atoms with Crippen molar-refractivity contribution in [2.45, 2.75) is 110 Å². The summed E-state index contributed by atoms with van der Waals surface area (Å²) in [5.41, 5.74) is 5.31. The molecule has 0 spiro atoms. The van der Waals surface area contributed by atoms with Crippen molar-refractivity contribution in [1.29, 1.82) is 0 Å². The highest BCUT2D eigenvalue weighted by atomic mass is 14.5. The third-order valence-corrected chi connectivity index (χ3v) is 4.11. The van der Waals surface area contributed by atoms with Crippen molar-refractivity contribution < 1.29 is 0 Å². The van der Waals surface area contributed by atoms with Gasteiger partial charge in [0, 0.05) is 0 Å². The number of nitrogens with two attached hydrogens (primary N) is 1. The lowest BCUT2D eigenvalue weighted by Gasteiger charge is -2.03. The van der Waals surface area contributed by atoms with Gasteiger partial charge in [-0.05, 0) is 19.0 Å². The molecule has 2 N–H and O–H groups in total. The molecule has 20 heavy (non-hydrogen) atoms. The first-order valence-electron chi connectivity index (χ1n) is 9.28. The summed E-state index contributed by atoms with van der Waals surface area (Å²) in [5, 5.41) is 0. The molecule has 0 atom stereocenters. The second-order valence-corrected chi connectivity index (χ2v) is 6.17. The van der Waals surface area contributed by atoms with E-state index in [4.69, 9.17) is 5.73 Å². The average molecular weight is 282 g/mol. The molecular formula is C19H39N. The SMILES string of the molecule is CCCCCCCCCCCCCCCCC/C=C/N. The van der Waals surface area contributed by atoms with Gasteiger partial charge in [0.25, 0.3) is 0 Å². The second-order valence-electron chi connectivity index (χ2n) is 6.17. The van der Waals surface area contributed by atoms with Gasteiger partial charge in [-0.25, -0.2) is 0 Å². The van der Waals surface area contributed by atoms with Crippen LogP contribution in [0.4, 0.5) is 0 Å². The summed E-state index contributed by atoms with van der Waals surface area (Å²) in [7, 11) is 0. The van der Waals surface area contributed by atoms with E-state index >= 15 is 0 Å². The van der Waals surface area contributed by atoms with E-state index in [1.165, 1.54) is 96.3 Å². The van der Waals surface area contributed by atoms with Gasteiger partial charge in [0.1, 0.15) is 0 Å². The predicted molar refractivity (Wildman–Crippen MR) is 92.9 cm³/mol. The first-order chi connectivity index (χ1) is 9.91. The molecule has 0 aliphatic rings. The summed E-state index contributed by atoms with van der Waals surface area (Å²) in [6.07, 6.45) is 26.4. The Balaban J connectivity index is 2.92. The highest BCUT2D eigenvalue weighted by Gasteiger charge is 1.93. The minimum absolute atomic E-state index is 1.16. The molecule has 0 unspecified atom stereocenters. The van der Waals surface area contributed by atoms with Gasteiger partial charge < -0.3 is 5.73 Å². The lowest BCUT2D eigenvalue weighted by molar-refractivity contribution is 0.533. The van der Waals surface area contributed by atoms with E-state index < -0.39 is 0 Å². The first kappa shape index (κ1) is 19.5. The van der Waals surface area contributed by atoms with Gasteiger partial charge in [0.05, 0.1) is 0 Å². The van der Waals surface area contributed by atoms with Crippen molar-refractivity contribution >= 4 is 0 Å². The van der Waals surface area contributed by atoms with Gasteiger partial charge in [-0.2, -0.15) is 0 Å². The van der Waals surface area contributed by atoms with Gasteiger partial charge in [-0.3, -0.25) is 0 Å². The molecule has 0 fully saturated rings. The summed E-state index contributed by atoms with van der Waals surface area (Å²) in [6.45, 7) is 2.29. The van der Waals surface area contributed by atoms with Crippen LogP contribution >= 0.6 is 0 Å². The number of rotatable bonds is 16. The molecule has 0 radical (unpaired) electrons. The van der Waals surface area contributed by atoms with Crippen molar-refractivity contribution in [3.05, 3.63) is 12.3 Å². The summed E-state index contributed by atoms with van der Waals surface area (Å²) < 4.78 is 0. The summed E-state index contributed by atoms with van der Waals surface area (Å²) in [4.78, 5) is 0. The monoisotopic (exact) mass is 281 g/mol. The molecule has 0 aliphatic heterocycles. The van der Waals surface area contributed by atoms with Gasteiger partial charge in [-0.1, -0.05) is 103 Å². The number of hydrogen-bond donors (Lipinski definition) is 1. The van der Waals surface area contributed by atoms with Crippen molar-refractivity contribution in [2.75, 3.05) is 0 Å². The van der Waals surface area contributed by atoms with Crippen LogP contribution in [0, 0.1) is 0 Å². The fraction of sp³-hybridized carbons (Fsp3) is 0.895. The molecule has 120 valence electrons. The minimum Gasteiger partial charge on any atom is -0.405 e. The number of hydrogen-bond acceptors (Lipinski definition) is 1. The fourth-order valence-corrected chi connectivity index (χ4v) is 2.73. The second kappa shape index (κ2) is 18.5. The minimum atomic E-state index is 1.16. The summed E-state index contributed by atoms with van der Waals surface area (Å²) in [6, 6.07) is 0. The molecule has 0 aliphatic carbocycles. The van der Waals surface area contributed by atoms with Gasteiger partial charge in [0.15, 0.2) is 0 Å². The van der Waals surface area contributed by atoms with Crippen LogP contribution in [0.1, 0.15) is 110 Å². The zero-order chi connectivity index (χ0) is 14.7. The van der Waals surface area contributed by atoms with Gasteiger partial charge in [-0.15, -0.1) is 0 Å². The van der Waals surface area contributed by atoms with Crippen LogP contribution < -0.4 is 5.73 Å². The Morgan fingerprint density at radius 1 is 0.550 bits per heavy atom. The van der Waals surface area contributed by atoms with E-state index in [2.05, 4.69) is 13.0 Å². The molecule has 1 heteroatoms. The average Bonchev–Trinajstić information content (AvgIpc) is 2.47. The van der Waals surface area contributed by atoms with E-state index in [-0.39, 0.29) is 0 Å². The maximum Gasteiger partial charge on any atom is -0.0103 e. The normalized spacial score (nSPS) is 11.4. The molecule has 0 aromatic rings. The fourth-order valence-electron chi connectivity index (χ4n) is 2.73. The van der Waals surface area contributed by atoms with Crippen LogP contribution in [0.5, 0.6) is 0 Å². The van der Waals surface area contributed by atoms with Crippen LogP contribution in [-0.2, 0) is 0 Å². The summed E-state index contributed by atoms with van der Waals surface area (Å²) in [5.74, 6) is 0. The lowest BCUT2D eigenvalue weighted by atomic mass is 10.0.